The van der Waals surface area contributed by atoms with Crippen molar-refractivity contribution in [3.63, 3.8) is 0 Å². The number of rotatable bonds is 26. The Morgan fingerprint density at radius 2 is 1.59 bits per heavy atom. The number of nitriles is 1. The van der Waals surface area contributed by atoms with E-state index in [1.165, 1.54) is 34.0 Å². The van der Waals surface area contributed by atoms with Crippen molar-refractivity contribution >= 4 is 57.9 Å². The predicted octanol–water partition coefficient (Wildman–Crippen LogP) is 3.93. The summed E-state index contributed by atoms with van der Waals surface area (Å²) in [6.07, 6.45) is 6.10. The van der Waals surface area contributed by atoms with Gasteiger partial charge in [0.25, 0.3) is 5.91 Å². The molecule has 1 unspecified atom stereocenters. The number of amides is 4. The van der Waals surface area contributed by atoms with Gasteiger partial charge in [-0.3, -0.25) is 33.6 Å². The topological polar surface area (TPSA) is 277 Å². The van der Waals surface area contributed by atoms with Crippen LogP contribution in [-0.4, -0.2) is 205 Å². The molecule has 2 aromatic heterocycles. The van der Waals surface area contributed by atoms with Crippen LogP contribution in [0.25, 0.3) is 11.3 Å². The number of nitrogen functional groups attached to an aromatic ring is 1. The van der Waals surface area contributed by atoms with Gasteiger partial charge in [0.05, 0.1) is 112 Å². The highest BCUT2D eigenvalue weighted by molar-refractivity contribution is 8.14. The molecular weight excluding hydrogens is 1110 g/mol. The van der Waals surface area contributed by atoms with E-state index in [2.05, 4.69) is 31.9 Å². The van der Waals surface area contributed by atoms with Crippen LogP contribution >= 0.6 is 11.8 Å². The van der Waals surface area contributed by atoms with Crippen molar-refractivity contribution in [1.29, 1.82) is 5.26 Å². The molecule has 4 amide bonds. The molecule has 85 heavy (non-hydrogen) atoms. The number of aryl methyl sites for hydroxylation is 1. The zero-order chi connectivity index (χ0) is 60.0. The smallest absolute Gasteiger partial charge is 0.254 e. The van der Waals surface area contributed by atoms with Gasteiger partial charge in [-0.1, -0.05) is 29.8 Å². The molecule has 9 rings (SSSR count). The number of hydrogen-bond acceptors (Lipinski definition) is 19. The highest BCUT2D eigenvalue weighted by Gasteiger charge is 2.43. The summed E-state index contributed by atoms with van der Waals surface area (Å²) < 4.78 is 39.0. The molecule has 0 saturated carbocycles. The van der Waals surface area contributed by atoms with E-state index in [1.807, 2.05) is 41.0 Å². The van der Waals surface area contributed by atoms with Crippen molar-refractivity contribution in [2.75, 3.05) is 123 Å². The zero-order valence-corrected chi connectivity index (χ0v) is 49.9. The molecule has 4 aromatic rings. The molecule has 3 saturated heterocycles. The maximum absolute atomic E-state index is 14.7. The number of aromatic nitrogens is 4. The summed E-state index contributed by atoms with van der Waals surface area (Å²) in [5, 5.41) is 25.0. The highest BCUT2D eigenvalue weighted by atomic mass is 32.2. The standard InChI is InChI=1S/C60H79FN14O9S/c1-38-9-11-41(12-10-38)54(77)47-37-85-58(68-47)49-8-6-20-74(49)60(80)53(69-57(78)39(2)64-3)40-15-21-72(22-16-40)24-26-82-28-30-84-32-31-83-29-27-81-25-17-51(76)65-18-23-75-50(34-62)52-45-35-66-55(63)56(67-45)73-19-5-7-48(73)44-33-42(61)13-14-43(44)59(79)71(4)36-46(52)70-75/h9-14,33,35,39-40,47-49,53,64H,5-8,15-32,36-37H2,1-4H3,(H2,63,66)(H,65,76)(H,69,78)/t39-,47?,48-,49-,53-/m1/s1. The molecule has 7 heterocycles. The number of nitrogens with one attached hydrogen (secondary N) is 3. The molecule has 0 radical (unpaired) electrons. The first-order valence-corrected chi connectivity index (χ1v) is 30.5. The number of aliphatic imine (C=N–C) groups is 1. The van der Waals surface area contributed by atoms with Crippen LogP contribution in [0.15, 0.2) is 53.7 Å². The number of nitrogens with two attached hydrogens (primary N) is 1. The Balaban J connectivity index is 0.635. The number of halogens is 1. The lowest BCUT2D eigenvalue weighted by molar-refractivity contribution is -0.138. The van der Waals surface area contributed by atoms with Crippen molar-refractivity contribution in [3.05, 3.63) is 88.1 Å². The third-order valence-corrected chi connectivity index (χ3v) is 17.6. The lowest BCUT2D eigenvalue weighted by Crippen LogP contribution is -2.58. The van der Waals surface area contributed by atoms with Gasteiger partial charge >= 0.3 is 0 Å². The molecule has 2 bridgehead atoms. The molecule has 456 valence electrons. The molecule has 25 heteroatoms. The minimum absolute atomic E-state index is 0.00687. The van der Waals surface area contributed by atoms with Crippen LogP contribution in [0.4, 0.5) is 16.0 Å². The summed E-state index contributed by atoms with van der Waals surface area (Å²) in [5.74, 6) is -0.261. The number of benzene rings is 2. The molecule has 5 atom stereocenters. The van der Waals surface area contributed by atoms with Gasteiger partial charge in [0.15, 0.2) is 17.4 Å². The molecule has 5 N–H and O–H groups in total. The minimum atomic E-state index is -0.668. The first-order valence-electron chi connectivity index (χ1n) is 29.6. The molecule has 3 fully saturated rings. The number of ether oxygens (including phenoxy) is 4. The second kappa shape index (κ2) is 29.9. The number of anilines is 2. The van der Waals surface area contributed by atoms with Crippen molar-refractivity contribution in [2.24, 2.45) is 10.9 Å². The monoisotopic (exact) mass is 1190 g/mol. The first-order chi connectivity index (χ1) is 41.2. The van der Waals surface area contributed by atoms with Crippen LogP contribution in [0.2, 0.25) is 0 Å². The summed E-state index contributed by atoms with van der Waals surface area (Å²) >= 11 is 1.56. The second-order valence-electron chi connectivity index (χ2n) is 22.2. The molecule has 23 nitrogen and oxygen atoms in total. The quantitative estimate of drug-likeness (QED) is 0.0512. The number of fused-ring (bicyclic) bond motifs is 8. The Bertz CT molecular complexity index is 3080. The van der Waals surface area contributed by atoms with Crippen molar-refractivity contribution < 1.29 is 47.3 Å². The van der Waals surface area contributed by atoms with Crippen LogP contribution in [0.3, 0.4) is 0 Å². The number of nitrogens with zero attached hydrogens (tertiary/aromatic N) is 10. The van der Waals surface area contributed by atoms with Gasteiger partial charge in [0.1, 0.15) is 29.7 Å². The lowest BCUT2D eigenvalue weighted by Gasteiger charge is -2.38. The zero-order valence-electron chi connectivity index (χ0n) is 49.1. The SMILES string of the molecule is CN[C@H](C)C(=O)N[C@@H](C(=O)N1CCC[C@@H]1C1=NC(C(=O)c2ccc(C)cc2)CS1)C1CCN(CCOCCOCCOCCOCCC(=O)NCCn2nc3c(c2C#N)-c2cnc(N)c(n2)N2CCC[C@@H]2c2cc(F)ccc2C(=O)N(C)C3)CC1. The fraction of sp³-hybridized carbons (Fsp3) is 0.567. The van der Waals surface area contributed by atoms with Gasteiger partial charge in [0.2, 0.25) is 17.7 Å². The molecule has 5 aliphatic rings. The van der Waals surface area contributed by atoms with Gasteiger partial charge in [-0.2, -0.15) is 10.4 Å². The number of thioether (sulfide) groups is 1. The van der Waals surface area contributed by atoms with Crippen molar-refractivity contribution in [2.45, 2.75) is 102 Å². The highest BCUT2D eigenvalue weighted by Crippen LogP contribution is 2.41. The van der Waals surface area contributed by atoms with Gasteiger partial charge in [-0.05, 0) is 102 Å². The van der Waals surface area contributed by atoms with E-state index in [0.29, 0.717) is 111 Å². The molecule has 2 aromatic carbocycles. The van der Waals surface area contributed by atoms with Crippen LogP contribution in [0, 0.1) is 30.0 Å². The second-order valence-corrected chi connectivity index (χ2v) is 23.2. The minimum Gasteiger partial charge on any atom is -0.381 e. The predicted molar refractivity (Wildman–Crippen MR) is 318 cm³/mol. The Labute approximate surface area is 499 Å². The summed E-state index contributed by atoms with van der Waals surface area (Å²) in [4.78, 5) is 89.8. The van der Waals surface area contributed by atoms with Gasteiger partial charge < -0.3 is 60.2 Å². The van der Waals surface area contributed by atoms with Crippen molar-refractivity contribution in [3.8, 4) is 17.3 Å². The number of carbonyl (C=O) groups excluding carboxylic acids is 5. The normalized spacial score (nSPS) is 19.7. The third-order valence-electron chi connectivity index (χ3n) is 16.4. The van der Waals surface area contributed by atoms with Gasteiger partial charge in [-0.25, -0.2) is 14.4 Å². The summed E-state index contributed by atoms with van der Waals surface area (Å²) in [7, 11) is 3.36. The van der Waals surface area contributed by atoms with Gasteiger partial charge in [-0.15, -0.1) is 11.8 Å². The van der Waals surface area contributed by atoms with Crippen LogP contribution in [0.5, 0.6) is 0 Å². The summed E-state index contributed by atoms with van der Waals surface area (Å²) in [6, 6.07) is 11.8. The van der Waals surface area contributed by atoms with E-state index >= 15 is 0 Å². The number of Topliss-reactive ketones (excluding diaryl/α,β-unsaturated/α-hetero) is 1. The number of likely N-dealkylation sites (tertiary alicyclic amines) is 2. The maximum atomic E-state index is 14.7. The van der Waals surface area contributed by atoms with E-state index in [4.69, 9.17) is 39.8 Å². The van der Waals surface area contributed by atoms with Crippen LogP contribution in [-0.2, 0) is 46.4 Å². The number of likely N-dealkylation sites (N-methyl/N-ethyl adjacent to an activating group) is 1. The number of piperidine rings is 1. The molecule has 0 spiro atoms. The maximum Gasteiger partial charge on any atom is 0.254 e. The fourth-order valence-corrected chi connectivity index (χ4v) is 12.8. The Hall–Kier alpha value is -6.92. The Kier molecular flexibility index (Phi) is 22.0. The average molecular weight is 1190 g/mol. The van der Waals surface area contributed by atoms with E-state index < -0.39 is 23.9 Å². The largest absolute Gasteiger partial charge is 0.381 e. The summed E-state index contributed by atoms with van der Waals surface area (Å²) in [5.41, 5.74) is 10.4. The average Bonchev–Trinajstić information content (AvgIpc) is 4.29. The van der Waals surface area contributed by atoms with Crippen LogP contribution < -0.4 is 26.6 Å². The number of carbonyl (C=O) groups is 5. The molecule has 5 aliphatic heterocycles. The van der Waals surface area contributed by atoms with E-state index in [0.717, 1.165) is 62.3 Å². The number of ketones is 1. The van der Waals surface area contributed by atoms with Crippen molar-refractivity contribution in [1.82, 2.24) is 50.4 Å². The van der Waals surface area contributed by atoms with E-state index in [1.54, 1.807) is 32.8 Å². The van der Waals surface area contributed by atoms with E-state index in [-0.39, 0.29) is 91.6 Å². The first kappa shape index (κ1) is 62.6. The Morgan fingerprint density at radius 3 is 2.31 bits per heavy atom. The molecule has 0 aliphatic carbocycles. The fourth-order valence-electron chi connectivity index (χ4n) is 11.6. The van der Waals surface area contributed by atoms with Crippen LogP contribution in [0.1, 0.15) is 101 Å². The summed E-state index contributed by atoms with van der Waals surface area (Å²) in [6.45, 7) is 10.4. The lowest BCUT2D eigenvalue weighted by atomic mass is 9.88. The Morgan fingerprint density at radius 1 is 0.894 bits per heavy atom. The number of hydrogen-bond donors (Lipinski definition) is 4. The molecular formula is C60H79FN14O9S. The van der Waals surface area contributed by atoms with Gasteiger partial charge in [0, 0.05) is 56.5 Å². The van der Waals surface area contributed by atoms with E-state index in [9.17, 15) is 33.6 Å². The third kappa shape index (κ3) is 15.6.